The Morgan fingerprint density at radius 2 is 2.09 bits per heavy atom. The van der Waals surface area contributed by atoms with Crippen molar-refractivity contribution in [3.63, 3.8) is 0 Å². The highest BCUT2D eigenvalue weighted by molar-refractivity contribution is 6.08. The third-order valence-corrected chi connectivity index (χ3v) is 3.62. The second-order valence-corrected chi connectivity index (χ2v) is 5.70. The maximum Gasteiger partial charge on any atom is 0.364 e. The summed E-state index contributed by atoms with van der Waals surface area (Å²) in [4.78, 5) is 11.6. The topological polar surface area (TPSA) is 149 Å². The highest BCUT2D eigenvalue weighted by Crippen LogP contribution is 2.34. The van der Waals surface area contributed by atoms with Crippen molar-refractivity contribution >= 4 is 13.8 Å². The molecule has 1 aliphatic heterocycles. The Morgan fingerprint density at radius 1 is 1.50 bits per heavy atom. The van der Waals surface area contributed by atoms with Gasteiger partial charge in [0.15, 0.2) is 0 Å². The first kappa shape index (κ1) is 19.3. The van der Waals surface area contributed by atoms with Gasteiger partial charge in [0, 0.05) is 6.42 Å². The molecule has 0 saturated carbocycles. The third kappa shape index (κ3) is 3.96. The lowest BCUT2D eigenvalue weighted by Crippen LogP contribution is -2.67. The number of hydrogen-bond donors (Lipinski definition) is 6. The molecule has 1 heterocycles. The molecule has 6 N–H and O–H groups in total. The van der Waals surface area contributed by atoms with E-state index in [0.717, 1.165) is 0 Å². The standard InChI is InChI=1S/C12H24BNO8/c1-5(2)21-12(11(18)19)3-6(15)8(14-20)10(22-12)9(17)7(16)4-13/h5-10,14-17,20H,3-4,13H2,1-2H3,(H,18,19). The fraction of sp³-hybridized carbons (Fsp3) is 0.917. The summed E-state index contributed by atoms with van der Waals surface area (Å²) in [6.45, 7) is 3.20. The van der Waals surface area contributed by atoms with E-state index in [-0.39, 0.29) is 6.32 Å². The summed E-state index contributed by atoms with van der Waals surface area (Å²) in [7, 11) is 1.61. The van der Waals surface area contributed by atoms with E-state index < -0.39 is 54.7 Å². The van der Waals surface area contributed by atoms with Gasteiger partial charge in [-0.3, -0.25) is 0 Å². The number of aliphatic carboxylic acids is 1. The minimum atomic E-state index is -2.17. The molecule has 6 atom stereocenters. The lowest BCUT2D eigenvalue weighted by molar-refractivity contribution is -0.323. The van der Waals surface area contributed by atoms with Gasteiger partial charge in [-0.2, -0.15) is 5.48 Å². The van der Waals surface area contributed by atoms with Crippen LogP contribution in [0.15, 0.2) is 0 Å². The molecule has 0 spiro atoms. The van der Waals surface area contributed by atoms with Crippen molar-refractivity contribution in [1.82, 2.24) is 5.48 Å². The zero-order valence-corrected chi connectivity index (χ0v) is 12.8. The zero-order valence-electron chi connectivity index (χ0n) is 12.8. The fourth-order valence-corrected chi connectivity index (χ4v) is 2.51. The van der Waals surface area contributed by atoms with Gasteiger partial charge in [0.2, 0.25) is 0 Å². The Bertz CT molecular complexity index is 384. The molecular formula is C12H24BNO8. The number of hydroxylamine groups is 1. The number of hydrogen-bond acceptors (Lipinski definition) is 8. The molecule has 0 amide bonds. The first-order valence-electron chi connectivity index (χ1n) is 7.21. The minimum absolute atomic E-state index is 0.181. The molecule has 1 aliphatic rings. The molecule has 0 aromatic carbocycles. The number of aliphatic hydroxyl groups is 3. The van der Waals surface area contributed by atoms with Crippen LogP contribution < -0.4 is 5.48 Å². The van der Waals surface area contributed by atoms with Crippen LogP contribution in [-0.2, 0) is 14.3 Å². The van der Waals surface area contributed by atoms with Gasteiger partial charge < -0.3 is 35.1 Å². The summed E-state index contributed by atoms with van der Waals surface area (Å²) >= 11 is 0. The summed E-state index contributed by atoms with van der Waals surface area (Å²) in [5.74, 6) is -3.63. The van der Waals surface area contributed by atoms with Crippen molar-refractivity contribution in [2.75, 3.05) is 0 Å². The fourth-order valence-electron chi connectivity index (χ4n) is 2.51. The molecule has 0 aliphatic carbocycles. The van der Waals surface area contributed by atoms with Gasteiger partial charge in [-0.05, 0) is 13.8 Å². The van der Waals surface area contributed by atoms with Crippen molar-refractivity contribution in [2.24, 2.45) is 0 Å². The molecule has 1 saturated heterocycles. The van der Waals surface area contributed by atoms with Crippen LogP contribution in [0, 0.1) is 0 Å². The monoisotopic (exact) mass is 321 g/mol. The summed E-state index contributed by atoms with van der Waals surface area (Å²) < 4.78 is 10.7. The number of carboxylic acids is 1. The summed E-state index contributed by atoms with van der Waals surface area (Å²) in [5, 5.41) is 48.6. The lowest BCUT2D eigenvalue weighted by Gasteiger charge is -2.46. The van der Waals surface area contributed by atoms with Crippen molar-refractivity contribution in [2.45, 2.75) is 68.9 Å². The van der Waals surface area contributed by atoms with Gasteiger partial charge in [-0.15, -0.1) is 0 Å². The van der Waals surface area contributed by atoms with E-state index in [1.807, 2.05) is 0 Å². The molecular weight excluding hydrogens is 297 g/mol. The van der Waals surface area contributed by atoms with Crippen LogP contribution in [0.5, 0.6) is 0 Å². The van der Waals surface area contributed by atoms with Crippen molar-refractivity contribution in [3.8, 4) is 0 Å². The second-order valence-electron chi connectivity index (χ2n) is 5.70. The highest BCUT2D eigenvalue weighted by atomic mass is 16.7. The number of carboxylic acid groups (broad SMARTS) is 1. The first-order valence-corrected chi connectivity index (χ1v) is 7.21. The van der Waals surface area contributed by atoms with Gasteiger partial charge in [0.1, 0.15) is 20.1 Å². The largest absolute Gasteiger partial charge is 0.477 e. The van der Waals surface area contributed by atoms with Crippen LogP contribution in [0.4, 0.5) is 0 Å². The average molecular weight is 321 g/mol. The van der Waals surface area contributed by atoms with Crippen molar-refractivity contribution in [3.05, 3.63) is 0 Å². The van der Waals surface area contributed by atoms with E-state index in [2.05, 4.69) is 0 Å². The number of ether oxygens (including phenoxy) is 2. The van der Waals surface area contributed by atoms with Gasteiger partial charge in [-0.25, -0.2) is 4.79 Å². The minimum Gasteiger partial charge on any atom is -0.477 e. The molecule has 10 heteroatoms. The molecule has 9 nitrogen and oxygen atoms in total. The van der Waals surface area contributed by atoms with Crippen LogP contribution in [0.2, 0.25) is 6.32 Å². The quantitative estimate of drug-likeness (QED) is 0.220. The molecule has 128 valence electrons. The lowest BCUT2D eigenvalue weighted by atomic mass is 9.86. The van der Waals surface area contributed by atoms with Crippen LogP contribution in [-0.4, -0.2) is 81.8 Å². The SMILES string of the molecule is BCC(O)C(O)C1OC(OC(C)C)(C(=O)O)CC(O)C1NO. The molecule has 1 rings (SSSR count). The predicted molar refractivity (Wildman–Crippen MR) is 76.2 cm³/mol. The number of nitrogens with one attached hydrogen (secondary N) is 1. The molecule has 1 fully saturated rings. The number of aliphatic hydroxyl groups excluding tert-OH is 3. The van der Waals surface area contributed by atoms with Gasteiger partial charge >= 0.3 is 5.97 Å². The van der Waals surface area contributed by atoms with Crippen LogP contribution in [0.25, 0.3) is 0 Å². The Hall–Kier alpha value is -0.745. The van der Waals surface area contributed by atoms with E-state index in [1.54, 1.807) is 27.2 Å². The first-order chi connectivity index (χ1) is 10.2. The molecule has 0 radical (unpaired) electrons. The van der Waals surface area contributed by atoms with Gasteiger partial charge in [-0.1, -0.05) is 6.32 Å². The van der Waals surface area contributed by atoms with Crippen LogP contribution >= 0.6 is 0 Å². The maximum absolute atomic E-state index is 11.6. The molecule has 0 bridgehead atoms. The summed E-state index contributed by atoms with van der Waals surface area (Å²) in [5.41, 5.74) is 1.80. The number of rotatable bonds is 7. The zero-order chi connectivity index (χ0) is 17.1. The van der Waals surface area contributed by atoms with Gasteiger partial charge in [0.25, 0.3) is 5.79 Å². The van der Waals surface area contributed by atoms with Crippen LogP contribution in [0.3, 0.4) is 0 Å². The molecule has 6 unspecified atom stereocenters. The van der Waals surface area contributed by atoms with E-state index in [1.165, 1.54) is 0 Å². The van der Waals surface area contributed by atoms with Crippen molar-refractivity contribution < 1.29 is 39.9 Å². The summed E-state index contributed by atoms with van der Waals surface area (Å²) in [6.07, 6.45) is -6.24. The third-order valence-electron chi connectivity index (χ3n) is 3.62. The smallest absolute Gasteiger partial charge is 0.364 e. The Balaban J connectivity index is 3.13. The van der Waals surface area contributed by atoms with Crippen LogP contribution in [0.1, 0.15) is 20.3 Å². The highest BCUT2D eigenvalue weighted by Gasteiger charge is 2.55. The number of carbonyl (C=O) groups is 1. The normalized spacial score (nSPS) is 35.3. The second kappa shape index (κ2) is 7.69. The average Bonchev–Trinajstić information content (AvgIpc) is 2.44. The summed E-state index contributed by atoms with van der Waals surface area (Å²) in [6, 6.07) is -1.17. The predicted octanol–water partition coefficient (Wildman–Crippen LogP) is -2.54. The van der Waals surface area contributed by atoms with E-state index in [4.69, 9.17) is 14.7 Å². The van der Waals surface area contributed by atoms with Gasteiger partial charge in [0.05, 0.1) is 24.4 Å². The van der Waals surface area contributed by atoms with Crippen molar-refractivity contribution in [1.29, 1.82) is 0 Å². The van der Waals surface area contributed by atoms with E-state index in [9.17, 15) is 25.2 Å². The maximum atomic E-state index is 11.6. The van der Waals surface area contributed by atoms with E-state index in [0.29, 0.717) is 0 Å². The van der Waals surface area contributed by atoms with E-state index >= 15 is 0 Å². The Labute approximate surface area is 129 Å². The molecule has 0 aromatic heterocycles. The Morgan fingerprint density at radius 3 is 2.50 bits per heavy atom. The molecule has 22 heavy (non-hydrogen) atoms. The Kier molecular flexibility index (Phi) is 6.74. The molecule has 0 aromatic rings.